The summed E-state index contributed by atoms with van der Waals surface area (Å²) in [5, 5.41) is 2.86. The second-order valence-corrected chi connectivity index (χ2v) is 9.39. The number of carbonyl (C=O) groups is 3. The van der Waals surface area contributed by atoms with Gasteiger partial charge in [-0.3, -0.25) is 24.2 Å². The molecule has 0 unspecified atom stereocenters. The highest BCUT2D eigenvalue weighted by Crippen LogP contribution is 2.44. The number of anilines is 1. The second-order valence-electron chi connectivity index (χ2n) is 7.75. The van der Waals surface area contributed by atoms with Crippen LogP contribution in [0.15, 0.2) is 59.5 Å². The lowest BCUT2D eigenvalue weighted by atomic mass is 10.1. The predicted octanol–water partition coefficient (Wildman–Crippen LogP) is 3.35. The van der Waals surface area contributed by atoms with E-state index in [1.54, 1.807) is 12.1 Å². The number of thioether (sulfide) groups is 1. The van der Waals surface area contributed by atoms with Crippen LogP contribution in [0.2, 0.25) is 0 Å². The van der Waals surface area contributed by atoms with Crippen molar-refractivity contribution in [2.75, 3.05) is 31.2 Å². The van der Waals surface area contributed by atoms with Gasteiger partial charge in [-0.15, -0.1) is 0 Å². The number of nitrogens with zero attached hydrogens (tertiary/aromatic N) is 2. The molecule has 2 heterocycles. The van der Waals surface area contributed by atoms with Crippen LogP contribution in [0.4, 0.5) is 5.69 Å². The van der Waals surface area contributed by atoms with E-state index >= 15 is 0 Å². The van der Waals surface area contributed by atoms with Crippen LogP contribution in [0.3, 0.4) is 0 Å². The van der Waals surface area contributed by atoms with Crippen LogP contribution in [0.1, 0.15) is 24.5 Å². The molecule has 2 aliphatic heterocycles. The topological polar surface area (TPSA) is 79.0 Å². The Balaban J connectivity index is 1.53. The zero-order valence-electron chi connectivity index (χ0n) is 18.8. The number of carbonyl (C=O) groups excluding carboxylic acids is 3. The van der Waals surface area contributed by atoms with Crippen LogP contribution in [-0.4, -0.2) is 53.2 Å². The van der Waals surface area contributed by atoms with E-state index in [1.807, 2.05) is 49.4 Å². The first-order valence-corrected chi connectivity index (χ1v) is 12.3. The SMILES string of the molecule is CCOCCCN1C(=O)C(=C2C(=O)N(CC(=O)NCc3ccccc3)c3ccccc32)SC1=S. The zero-order valence-corrected chi connectivity index (χ0v) is 20.4. The van der Waals surface area contributed by atoms with Crippen molar-refractivity contribution < 1.29 is 19.1 Å². The fourth-order valence-electron chi connectivity index (χ4n) is 3.86. The Morgan fingerprint density at radius 2 is 1.76 bits per heavy atom. The lowest BCUT2D eigenvalue weighted by molar-refractivity contribution is -0.122. The number of amides is 3. The molecule has 0 saturated carbocycles. The maximum absolute atomic E-state index is 13.5. The highest BCUT2D eigenvalue weighted by molar-refractivity contribution is 8.26. The summed E-state index contributed by atoms with van der Waals surface area (Å²) in [4.78, 5) is 42.6. The van der Waals surface area contributed by atoms with Crippen molar-refractivity contribution >= 4 is 57.3 Å². The monoisotopic (exact) mass is 495 g/mol. The number of nitrogens with one attached hydrogen (secondary N) is 1. The summed E-state index contributed by atoms with van der Waals surface area (Å²) in [5.74, 6) is -0.928. The molecule has 0 atom stereocenters. The Bertz CT molecular complexity index is 1150. The minimum absolute atomic E-state index is 0.138. The molecule has 0 aliphatic carbocycles. The van der Waals surface area contributed by atoms with Crippen molar-refractivity contribution in [3.8, 4) is 0 Å². The second kappa shape index (κ2) is 10.9. The summed E-state index contributed by atoms with van der Waals surface area (Å²) in [6.45, 7) is 3.73. The van der Waals surface area contributed by atoms with Crippen LogP contribution < -0.4 is 10.2 Å². The van der Waals surface area contributed by atoms with Gasteiger partial charge in [0.1, 0.15) is 10.9 Å². The van der Waals surface area contributed by atoms with Crippen molar-refractivity contribution in [2.24, 2.45) is 0 Å². The largest absolute Gasteiger partial charge is 0.382 e. The molecule has 0 aromatic heterocycles. The fraction of sp³-hybridized carbons (Fsp3) is 0.280. The average molecular weight is 496 g/mol. The van der Waals surface area contributed by atoms with Gasteiger partial charge in [0, 0.05) is 31.9 Å². The predicted molar refractivity (Wildman–Crippen MR) is 137 cm³/mol. The Morgan fingerprint density at radius 3 is 2.53 bits per heavy atom. The molecular formula is C25H25N3O4S2. The minimum Gasteiger partial charge on any atom is -0.382 e. The third-order valence-corrected chi connectivity index (χ3v) is 6.96. The van der Waals surface area contributed by atoms with E-state index in [-0.39, 0.29) is 24.3 Å². The van der Waals surface area contributed by atoms with Crippen LogP contribution in [-0.2, 0) is 25.7 Å². The van der Waals surface area contributed by atoms with Gasteiger partial charge in [-0.2, -0.15) is 0 Å². The van der Waals surface area contributed by atoms with Crippen molar-refractivity contribution in [1.29, 1.82) is 0 Å². The van der Waals surface area contributed by atoms with E-state index < -0.39 is 0 Å². The van der Waals surface area contributed by atoms with Gasteiger partial charge >= 0.3 is 0 Å². The summed E-state index contributed by atoms with van der Waals surface area (Å²) in [5.41, 5.74) is 2.52. The smallest absolute Gasteiger partial charge is 0.267 e. The average Bonchev–Trinajstić information content (AvgIpc) is 3.28. The van der Waals surface area contributed by atoms with Gasteiger partial charge in [-0.1, -0.05) is 72.5 Å². The number of para-hydroxylation sites is 1. The molecule has 176 valence electrons. The molecular weight excluding hydrogens is 470 g/mol. The quantitative estimate of drug-likeness (QED) is 0.327. The summed E-state index contributed by atoms with van der Waals surface area (Å²) in [6, 6.07) is 16.8. The molecule has 0 spiro atoms. The number of fused-ring (bicyclic) bond motifs is 1. The van der Waals surface area contributed by atoms with Crippen LogP contribution in [0.25, 0.3) is 5.57 Å². The molecule has 9 heteroatoms. The van der Waals surface area contributed by atoms with Crippen LogP contribution >= 0.6 is 24.0 Å². The van der Waals surface area contributed by atoms with Crippen molar-refractivity contribution in [3.63, 3.8) is 0 Å². The fourth-order valence-corrected chi connectivity index (χ4v) is 5.24. The van der Waals surface area contributed by atoms with Gasteiger partial charge in [0.25, 0.3) is 11.8 Å². The number of hydrogen-bond donors (Lipinski definition) is 1. The molecule has 34 heavy (non-hydrogen) atoms. The number of hydrogen-bond acceptors (Lipinski definition) is 6. The molecule has 1 N–H and O–H groups in total. The molecule has 2 aromatic carbocycles. The van der Waals surface area contributed by atoms with Crippen molar-refractivity contribution in [1.82, 2.24) is 10.2 Å². The normalized spacial score (nSPS) is 17.5. The van der Waals surface area contributed by atoms with Gasteiger partial charge in [0.2, 0.25) is 5.91 Å². The first-order valence-electron chi connectivity index (χ1n) is 11.1. The van der Waals surface area contributed by atoms with Gasteiger partial charge in [0.05, 0.1) is 16.2 Å². The molecule has 3 amide bonds. The van der Waals surface area contributed by atoms with Gasteiger partial charge in [0.15, 0.2) is 0 Å². The van der Waals surface area contributed by atoms with Crippen molar-refractivity contribution in [3.05, 3.63) is 70.6 Å². The van der Waals surface area contributed by atoms with E-state index in [4.69, 9.17) is 17.0 Å². The molecule has 7 nitrogen and oxygen atoms in total. The highest BCUT2D eigenvalue weighted by Gasteiger charge is 2.42. The summed E-state index contributed by atoms with van der Waals surface area (Å²) < 4.78 is 5.78. The van der Waals surface area contributed by atoms with Crippen LogP contribution in [0, 0.1) is 0 Å². The Morgan fingerprint density at radius 1 is 1.03 bits per heavy atom. The maximum atomic E-state index is 13.5. The van der Waals surface area contributed by atoms with Crippen LogP contribution in [0.5, 0.6) is 0 Å². The lowest BCUT2D eigenvalue weighted by Gasteiger charge is -2.17. The number of ether oxygens (including phenoxy) is 1. The van der Waals surface area contributed by atoms with E-state index in [0.717, 1.165) is 17.3 Å². The zero-order chi connectivity index (χ0) is 24.1. The Kier molecular flexibility index (Phi) is 7.77. The summed E-state index contributed by atoms with van der Waals surface area (Å²) >= 11 is 6.57. The number of benzene rings is 2. The number of rotatable bonds is 9. The first kappa shape index (κ1) is 24.1. The minimum atomic E-state index is -0.370. The van der Waals surface area contributed by atoms with Gasteiger partial charge < -0.3 is 10.1 Å². The van der Waals surface area contributed by atoms with E-state index in [0.29, 0.717) is 58.8 Å². The molecule has 4 rings (SSSR count). The first-order chi connectivity index (χ1) is 16.5. The maximum Gasteiger partial charge on any atom is 0.267 e. The lowest BCUT2D eigenvalue weighted by Crippen LogP contribution is -2.38. The van der Waals surface area contributed by atoms with Gasteiger partial charge in [-0.05, 0) is 25.0 Å². The highest BCUT2D eigenvalue weighted by atomic mass is 32.2. The van der Waals surface area contributed by atoms with E-state index in [9.17, 15) is 14.4 Å². The third-order valence-electron chi connectivity index (χ3n) is 5.51. The molecule has 1 saturated heterocycles. The molecule has 2 aliphatic rings. The molecule has 0 bridgehead atoms. The summed E-state index contributed by atoms with van der Waals surface area (Å²) in [6.07, 6.45) is 0.654. The molecule has 0 radical (unpaired) electrons. The van der Waals surface area contributed by atoms with E-state index in [2.05, 4.69) is 5.32 Å². The van der Waals surface area contributed by atoms with E-state index in [1.165, 1.54) is 9.80 Å². The number of thiocarbonyl (C=S) groups is 1. The standard InChI is InChI=1S/C25H25N3O4S2/c1-2-32-14-8-13-27-24(31)22(34-25(27)33)21-18-11-6-7-12-19(18)28(23(21)30)16-20(29)26-15-17-9-4-3-5-10-17/h3-7,9-12H,2,8,13-16H2,1H3,(H,26,29). The van der Waals surface area contributed by atoms with Gasteiger partial charge in [-0.25, -0.2) is 0 Å². The Labute approximate surface area is 208 Å². The van der Waals surface area contributed by atoms with Crippen molar-refractivity contribution in [2.45, 2.75) is 19.9 Å². The summed E-state index contributed by atoms with van der Waals surface area (Å²) in [7, 11) is 0. The Hall–Kier alpha value is -3.01. The molecule has 1 fully saturated rings. The third kappa shape index (κ3) is 5.06. The molecule has 2 aromatic rings.